The van der Waals surface area contributed by atoms with E-state index in [1.165, 1.54) is 23.5 Å². The third-order valence-electron chi connectivity index (χ3n) is 3.47. The topological polar surface area (TPSA) is 49.3 Å². The molecule has 1 amide bonds. The second-order valence-corrected chi connectivity index (χ2v) is 6.08. The van der Waals surface area contributed by atoms with Crippen molar-refractivity contribution in [3.05, 3.63) is 35.0 Å². The standard InChI is InChI=1S/C14H14FNO2S/c15-10-2-1-9-5-13(19-12(9)6-10)14(18)16-7-8-3-11(17)4-8/h1-2,5-6,8,11,17H,3-4,7H2,(H,16,18). The van der Waals surface area contributed by atoms with E-state index in [4.69, 9.17) is 0 Å². The molecule has 0 radical (unpaired) electrons. The number of carbonyl (C=O) groups excluding carboxylic acids is 1. The van der Waals surface area contributed by atoms with Gasteiger partial charge in [0.25, 0.3) is 5.91 Å². The van der Waals surface area contributed by atoms with E-state index in [0.717, 1.165) is 22.9 Å². The second-order valence-electron chi connectivity index (χ2n) is 4.99. The number of fused-ring (bicyclic) bond motifs is 1. The van der Waals surface area contributed by atoms with Gasteiger partial charge in [0.05, 0.1) is 11.0 Å². The number of rotatable bonds is 3. The Morgan fingerprint density at radius 3 is 2.95 bits per heavy atom. The molecule has 100 valence electrons. The minimum absolute atomic E-state index is 0.122. The molecule has 0 saturated heterocycles. The third kappa shape index (κ3) is 2.62. The molecule has 19 heavy (non-hydrogen) atoms. The van der Waals surface area contributed by atoms with Crippen molar-refractivity contribution >= 4 is 27.3 Å². The minimum Gasteiger partial charge on any atom is -0.393 e. The Kier molecular flexibility index (Phi) is 3.24. The van der Waals surface area contributed by atoms with E-state index >= 15 is 0 Å². The molecule has 1 aliphatic carbocycles. The summed E-state index contributed by atoms with van der Waals surface area (Å²) >= 11 is 1.30. The Morgan fingerprint density at radius 1 is 1.42 bits per heavy atom. The molecule has 3 rings (SSSR count). The van der Waals surface area contributed by atoms with E-state index in [1.807, 2.05) is 0 Å². The molecule has 0 unspecified atom stereocenters. The lowest BCUT2D eigenvalue weighted by Gasteiger charge is -2.31. The maximum Gasteiger partial charge on any atom is 0.261 e. The molecule has 0 bridgehead atoms. The summed E-state index contributed by atoms with van der Waals surface area (Å²) in [5, 5.41) is 12.9. The lowest BCUT2D eigenvalue weighted by molar-refractivity contribution is 0.0420. The number of benzene rings is 1. The van der Waals surface area contributed by atoms with Gasteiger partial charge in [-0.05, 0) is 42.3 Å². The van der Waals surface area contributed by atoms with Crippen LogP contribution in [-0.2, 0) is 0 Å². The Morgan fingerprint density at radius 2 is 2.21 bits per heavy atom. The summed E-state index contributed by atoms with van der Waals surface area (Å²) in [6.07, 6.45) is 1.32. The van der Waals surface area contributed by atoms with Gasteiger partial charge >= 0.3 is 0 Å². The van der Waals surface area contributed by atoms with Gasteiger partial charge in [0.2, 0.25) is 0 Å². The molecule has 0 atom stereocenters. The lowest BCUT2D eigenvalue weighted by atomic mass is 9.82. The van der Waals surface area contributed by atoms with Crippen LogP contribution in [-0.4, -0.2) is 23.7 Å². The van der Waals surface area contributed by atoms with Crippen LogP contribution in [0.2, 0.25) is 0 Å². The number of amides is 1. The van der Waals surface area contributed by atoms with Gasteiger partial charge in [-0.3, -0.25) is 4.79 Å². The van der Waals surface area contributed by atoms with Gasteiger partial charge in [-0.25, -0.2) is 4.39 Å². The van der Waals surface area contributed by atoms with Crippen LogP contribution < -0.4 is 5.32 Å². The molecule has 0 aliphatic heterocycles. The molecule has 1 aromatic carbocycles. The molecule has 0 spiro atoms. The van der Waals surface area contributed by atoms with Crippen LogP contribution in [0, 0.1) is 11.7 Å². The first kappa shape index (κ1) is 12.6. The van der Waals surface area contributed by atoms with Gasteiger partial charge in [0, 0.05) is 11.2 Å². The molecule has 2 aromatic rings. The highest BCUT2D eigenvalue weighted by atomic mass is 32.1. The first-order valence-electron chi connectivity index (χ1n) is 6.27. The van der Waals surface area contributed by atoms with Gasteiger partial charge in [0.1, 0.15) is 5.82 Å². The average molecular weight is 279 g/mol. The zero-order chi connectivity index (χ0) is 13.4. The quantitative estimate of drug-likeness (QED) is 0.907. The minimum atomic E-state index is -0.287. The number of halogens is 1. The Hall–Kier alpha value is -1.46. The second kappa shape index (κ2) is 4.90. The average Bonchev–Trinajstić information content (AvgIpc) is 2.75. The van der Waals surface area contributed by atoms with Gasteiger partial charge in [0.15, 0.2) is 0 Å². The van der Waals surface area contributed by atoms with Crippen molar-refractivity contribution in [3.8, 4) is 0 Å². The van der Waals surface area contributed by atoms with Crippen LogP contribution in [0.4, 0.5) is 4.39 Å². The van der Waals surface area contributed by atoms with Crippen molar-refractivity contribution in [2.24, 2.45) is 5.92 Å². The number of hydrogen-bond acceptors (Lipinski definition) is 3. The highest BCUT2D eigenvalue weighted by Crippen LogP contribution is 2.28. The fraction of sp³-hybridized carbons (Fsp3) is 0.357. The number of nitrogens with one attached hydrogen (secondary N) is 1. The van der Waals surface area contributed by atoms with Gasteiger partial charge < -0.3 is 10.4 Å². The summed E-state index contributed by atoms with van der Waals surface area (Å²) in [5.41, 5.74) is 0. The molecule has 2 N–H and O–H groups in total. The van der Waals surface area contributed by atoms with Crippen molar-refractivity contribution in [2.75, 3.05) is 6.54 Å². The van der Waals surface area contributed by atoms with Crippen molar-refractivity contribution in [1.82, 2.24) is 5.32 Å². The van der Waals surface area contributed by atoms with Crippen LogP contribution in [0.5, 0.6) is 0 Å². The largest absolute Gasteiger partial charge is 0.393 e. The summed E-state index contributed by atoms with van der Waals surface area (Å²) in [6.45, 7) is 0.596. The summed E-state index contributed by atoms with van der Waals surface area (Å²) in [4.78, 5) is 12.6. The lowest BCUT2D eigenvalue weighted by Crippen LogP contribution is -2.38. The van der Waals surface area contributed by atoms with E-state index < -0.39 is 0 Å². The monoisotopic (exact) mass is 279 g/mol. The number of hydrogen-bond donors (Lipinski definition) is 2. The SMILES string of the molecule is O=C(NCC1CC(O)C1)c1cc2ccc(F)cc2s1. The maximum atomic E-state index is 13.1. The van der Waals surface area contributed by atoms with Gasteiger partial charge in [-0.15, -0.1) is 11.3 Å². The van der Waals surface area contributed by atoms with E-state index in [-0.39, 0.29) is 17.8 Å². The normalized spacial score (nSPS) is 22.2. The predicted molar refractivity (Wildman–Crippen MR) is 72.8 cm³/mol. The van der Waals surface area contributed by atoms with Crippen molar-refractivity contribution in [3.63, 3.8) is 0 Å². The zero-order valence-electron chi connectivity index (χ0n) is 10.2. The van der Waals surface area contributed by atoms with Crippen molar-refractivity contribution < 1.29 is 14.3 Å². The third-order valence-corrected chi connectivity index (χ3v) is 4.56. The summed E-state index contributed by atoms with van der Waals surface area (Å²) < 4.78 is 13.9. The maximum absolute atomic E-state index is 13.1. The highest BCUT2D eigenvalue weighted by molar-refractivity contribution is 7.20. The summed E-state index contributed by atoms with van der Waals surface area (Å²) in [6, 6.07) is 6.30. The summed E-state index contributed by atoms with van der Waals surface area (Å²) in [5.74, 6) is -0.0291. The van der Waals surface area contributed by atoms with Crippen LogP contribution in [0.25, 0.3) is 10.1 Å². The number of thiophene rings is 1. The molecule has 1 aromatic heterocycles. The predicted octanol–water partition coefficient (Wildman–Crippen LogP) is 2.54. The van der Waals surface area contributed by atoms with Gasteiger partial charge in [-0.2, -0.15) is 0 Å². The van der Waals surface area contributed by atoms with E-state index in [0.29, 0.717) is 17.3 Å². The van der Waals surface area contributed by atoms with Crippen molar-refractivity contribution in [1.29, 1.82) is 0 Å². The molecule has 5 heteroatoms. The Bertz CT molecular complexity index is 619. The highest BCUT2D eigenvalue weighted by Gasteiger charge is 2.27. The molecular weight excluding hydrogens is 265 g/mol. The summed E-state index contributed by atoms with van der Waals surface area (Å²) in [7, 11) is 0. The van der Waals surface area contributed by atoms with Crippen LogP contribution in [0.3, 0.4) is 0 Å². The van der Waals surface area contributed by atoms with E-state index in [1.54, 1.807) is 12.1 Å². The Balaban J connectivity index is 1.67. The molecular formula is C14H14FNO2S. The van der Waals surface area contributed by atoms with Crippen LogP contribution in [0.15, 0.2) is 24.3 Å². The molecule has 1 fully saturated rings. The first-order chi connectivity index (χ1) is 9.11. The van der Waals surface area contributed by atoms with E-state index in [2.05, 4.69) is 5.32 Å². The smallest absolute Gasteiger partial charge is 0.261 e. The van der Waals surface area contributed by atoms with Crippen molar-refractivity contribution in [2.45, 2.75) is 18.9 Å². The Labute approximate surface area is 114 Å². The molecule has 3 nitrogen and oxygen atoms in total. The molecule has 1 heterocycles. The van der Waals surface area contributed by atoms with E-state index in [9.17, 15) is 14.3 Å². The fourth-order valence-electron chi connectivity index (χ4n) is 2.31. The molecule has 1 aliphatic rings. The number of aliphatic hydroxyl groups is 1. The number of carbonyl (C=O) groups is 1. The molecule has 1 saturated carbocycles. The van der Waals surface area contributed by atoms with Crippen LogP contribution >= 0.6 is 11.3 Å². The number of aliphatic hydroxyl groups excluding tert-OH is 1. The van der Waals surface area contributed by atoms with Crippen LogP contribution in [0.1, 0.15) is 22.5 Å². The first-order valence-corrected chi connectivity index (χ1v) is 7.09. The van der Waals surface area contributed by atoms with Gasteiger partial charge in [-0.1, -0.05) is 6.07 Å². The fourth-order valence-corrected chi connectivity index (χ4v) is 3.31. The zero-order valence-corrected chi connectivity index (χ0v) is 11.0.